The van der Waals surface area contributed by atoms with Crippen molar-refractivity contribution in [1.82, 2.24) is 4.57 Å². The van der Waals surface area contributed by atoms with Gasteiger partial charge in [0.25, 0.3) is 0 Å². The standard InChI is InChI=1S/C17H13F3N2O/c1-11(12(2)23)16(22-9-3-4-15(22)10-21)13-5-7-14(8-6-13)17(18,19)20/h3-9,16H,1H2,2H3/t16-/m0/s1. The van der Waals surface area contributed by atoms with Gasteiger partial charge in [-0.15, -0.1) is 0 Å². The summed E-state index contributed by atoms with van der Waals surface area (Å²) in [6.07, 6.45) is -2.84. The molecule has 6 heteroatoms. The zero-order valence-electron chi connectivity index (χ0n) is 12.3. The van der Waals surface area contributed by atoms with Crippen molar-refractivity contribution >= 4 is 5.78 Å². The highest BCUT2D eigenvalue weighted by molar-refractivity contribution is 5.94. The van der Waals surface area contributed by atoms with Crippen LogP contribution in [-0.4, -0.2) is 10.4 Å². The van der Waals surface area contributed by atoms with E-state index in [0.717, 1.165) is 12.1 Å². The Kier molecular flexibility index (Phi) is 4.41. The largest absolute Gasteiger partial charge is 0.416 e. The van der Waals surface area contributed by atoms with Crippen LogP contribution >= 0.6 is 0 Å². The molecule has 23 heavy (non-hydrogen) atoms. The van der Waals surface area contributed by atoms with Gasteiger partial charge in [0, 0.05) is 11.8 Å². The van der Waals surface area contributed by atoms with Gasteiger partial charge < -0.3 is 4.57 Å². The van der Waals surface area contributed by atoms with Crippen LogP contribution in [0.1, 0.15) is 29.8 Å². The summed E-state index contributed by atoms with van der Waals surface area (Å²) in [5.41, 5.74) is 0.155. The lowest BCUT2D eigenvalue weighted by molar-refractivity contribution is -0.137. The zero-order chi connectivity index (χ0) is 17.2. The minimum atomic E-state index is -4.43. The molecular weight excluding hydrogens is 305 g/mol. The van der Waals surface area contributed by atoms with Gasteiger partial charge in [-0.25, -0.2) is 0 Å². The monoisotopic (exact) mass is 318 g/mol. The summed E-state index contributed by atoms with van der Waals surface area (Å²) in [4.78, 5) is 11.7. The zero-order valence-corrected chi connectivity index (χ0v) is 12.3. The first-order chi connectivity index (χ1) is 10.8. The number of nitriles is 1. The molecule has 0 aliphatic rings. The summed E-state index contributed by atoms with van der Waals surface area (Å²) in [7, 11) is 0. The molecule has 0 aliphatic carbocycles. The van der Waals surface area contributed by atoms with Gasteiger partial charge in [-0.1, -0.05) is 18.7 Å². The smallest absolute Gasteiger partial charge is 0.328 e. The van der Waals surface area contributed by atoms with E-state index in [2.05, 4.69) is 6.58 Å². The van der Waals surface area contributed by atoms with E-state index in [1.807, 2.05) is 6.07 Å². The van der Waals surface area contributed by atoms with Crippen LogP contribution in [0.4, 0.5) is 13.2 Å². The van der Waals surface area contributed by atoms with E-state index in [9.17, 15) is 18.0 Å². The van der Waals surface area contributed by atoms with Gasteiger partial charge in [-0.05, 0) is 36.8 Å². The molecule has 0 N–H and O–H groups in total. The van der Waals surface area contributed by atoms with Crippen molar-refractivity contribution < 1.29 is 18.0 Å². The summed E-state index contributed by atoms with van der Waals surface area (Å²) in [5.74, 6) is -0.299. The van der Waals surface area contributed by atoms with Crippen LogP contribution in [0, 0.1) is 11.3 Å². The Morgan fingerprint density at radius 3 is 2.35 bits per heavy atom. The number of allylic oxidation sites excluding steroid dienone is 1. The SMILES string of the molecule is C=C(C(C)=O)[C@@H](c1ccc(C(F)(F)F)cc1)n1cccc1C#N. The molecule has 0 radical (unpaired) electrons. The molecule has 118 valence electrons. The number of ketones is 1. The van der Waals surface area contributed by atoms with Gasteiger partial charge in [0.1, 0.15) is 11.8 Å². The number of rotatable bonds is 4. The highest BCUT2D eigenvalue weighted by atomic mass is 19.4. The van der Waals surface area contributed by atoms with E-state index in [1.54, 1.807) is 18.3 Å². The molecule has 0 unspecified atom stereocenters. The minimum absolute atomic E-state index is 0.192. The average molecular weight is 318 g/mol. The number of aromatic nitrogens is 1. The second-order valence-electron chi connectivity index (χ2n) is 5.02. The number of alkyl halides is 3. The van der Waals surface area contributed by atoms with E-state index in [-0.39, 0.29) is 17.1 Å². The summed E-state index contributed by atoms with van der Waals surface area (Å²) >= 11 is 0. The number of halogens is 3. The molecule has 1 aromatic carbocycles. The maximum absolute atomic E-state index is 12.7. The average Bonchev–Trinajstić information content (AvgIpc) is 2.95. The van der Waals surface area contributed by atoms with E-state index in [4.69, 9.17) is 5.26 Å². The Labute approximate surface area is 131 Å². The predicted molar refractivity (Wildman–Crippen MR) is 78.6 cm³/mol. The number of carbonyl (C=O) groups excluding carboxylic acids is 1. The number of Topliss-reactive ketones (excluding diaryl/α,β-unsaturated/α-hetero) is 1. The molecule has 0 aliphatic heterocycles. The summed E-state index contributed by atoms with van der Waals surface area (Å²) in [5, 5.41) is 9.14. The Balaban J connectivity index is 2.53. The van der Waals surface area contributed by atoms with Crippen LogP contribution in [0.25, 0.3) is 0 Å². The molecule has 2 aromatic rings. The number of hydrogen-bond donors (Lipinski definition) is 0. The Morgan fingerprint density at radius 2 is 1.87 bits per heavy atom. The topological polar surface area (TPSA) is 45.8 Å². The number of hydrogen-bond acceptors (Lipinski definition) is 2. The molecule has 0 spiro atoms. The third-order valence-corrected chi connectivity index (χ3v) is 3.51. The minimum Gasteiger partial charge on any atom is -0.328 e. The van der Waals surface area contributed by atoms with E-state index < -0.39 is 17.8 Å². The first kappa shape index (κ1) is 16.6. The molecule has 1 atom stereocenters. The summed E-state index contributed by atoms with van der Waals surface area (Å²) in [6.45, 7) is 5.06. The highest BCUT2D eigenvalue weighted by Crippen LogP contribution is 2.32. The third kappa shape index (κ3) is 3.34. The second-order valence-corrected chi connectivity index (χ2v) is 5.02. The molecule has 0 bridgehead atoms. The lowest BCUT2D eigenvalue weighted by Gasteiger charge is -2.22. The fraction of sp³-hybridized carbons (Fsp3) is 0.176. The van der Waals surface area contributed by atoms with Gasteiger partial charge in [0.05, 0.1) is 11.6 Å². The summed E-state index contributed by atoms with van der Waals surface area (Å²) in [6, 6.07) is 8.94. The van der Waals surface area contributed by atoms with E-state index in [0.29, 0.717) is 5.56 Å². The molecule has 1 aromatic heterocycles. The number of nitrogens with zero attached hydrogens (tertiary/aromatic N) is 2. The van der Waals surface area contributed by atoms with Crippen molar-refractivity contribution in [2.75, 3.05) is 0 Å². The quantitative estimate of drug-likeness (QED) is 0.796. The summed E-state index contributed by atoms with van der Waals surface area (Å²) < 4.78 is 39.6. The predicted octanol–water partition coefficient (Wildman–Crippen LogP) is 4.11. The van der Waals surface area contributed by atoms with Crippen molar-refractivity contribution in [3.63, 3.8) is 0 Å². The number of benzene rings is 1. The maximum atomic E-state index is 12.7. The van der Waals surface area contributed by atoms with Gasteiger partial charge in [0.2, 0.25) is 0 Å². The van der Waals surface area contributed by atoms with Crippen molar-refractivity contribution in [3.8, 4) is 6.07 Å². The van der Waals surface area contributed by atoms with Gasteiger partial charge in [-0.2, -0.15) is 18.4 Å². The van der Waals surface area contributed by atoms with E-state index >= 15 is 0 Å². The maximum Gasteiger partial charge on any atom is 0.416 e. The molecule has 0 fully saturated rings. The molecule has 0 saturated carbocycles. The van der Waals surface area contributed by atoms with E-state index in [1.165, 1.54) is 23.6 Å². The molecule has 3 nitrogen and oxygen atoms in total. The second kappa shape index (κ2) is 6.13. The first-order valence-corrected chi connectivity index (χ1v) is 6.69. The molecular formula is C17H13F3N2O. The Bertz CT molecular complexity index is 779. The molecule has 0 saturated heterocycles. The molecule has 2 rings (SSSR count). The molecule has 0 amide bonds. The lowest BCUT2D eigenvalue weighted by atomic mass is 9.96. The van der Waals surface area contributed by atoms with Crippen LogP contribution in [0.15, 0.2) is 54.7 Å². The fourth-order valence-corrected chi connectivity index (χ4v) is 2.29. The van der Waals surface area contributed by atoms with Crippen LogP contribution in [0.3, 0.4) is 0 Å². The van der Waals surface area contributed by atoms with Crippen LogP contribution < -0.4 is 0 Å². The normalized spacial score (nSPS) is 12.5. The van der Waals surface area contributed by atoms with Crippen molar-refractivity contribution in [3.05, 3.63) is 71.6 Å². The van der Waals surface area contributed by atoms with Crippen LogP contribution in [0.2, 0.25) is 0 Å². The van der Waals surface area contributed by atoms with Gasteiger partial charge >= 0.3 is 6.18 Å². The number of carbonyl (C=O) groups is 1. The van der Waals surface area contributed by atoms with Crippen molar-refractivity contribution in [2.45, 2.75) is 19.1 Å². The van der Waals surface area contributed by atoms with Gasteiger partial charge in [0.15, 0.2) is 5.78 Å². The lowest BCUT2D eigenvalue weighted by Crippen LogP contribution is -2.18. The Hall–Kier alpha value is -2.81. The Morgan fingerprint density at radius 1 is 1.26 bits per heavy atom. The third-order valence-electron chi connectivity index (χ3n) is 3.51. The van der Waals surface area contributed by atoms with Crippen LogP contribution in [-0.2, 0) is 11.0 Å². The fourth-order valence-electron chi connectivity index (χ4n) is 2.29. The van der Waals surface area contributed by atoms with Gasteiger partial charge in [-0.3, -0.25) is 4.79 Å². The highest BCUT2D eigenvalue weighted by Gasteiger charge is 2.31. The van der Waals surface area contributed by atoms with Crippen LogP contribution in [0.5, 0.6) is 0 Å². The van der Waals surface area contributed by atoms with Crippen molar-refractivity contribution in [1.29, 1.82) is 5.26 Å². The van der Waals surface area contributed by atoms with Crippen molar-refractivity contribution in [2.24, 2.45) is 0 Å². The first-order valence-electron chi connectivity index (χ1n) is 6.69. The molecule has 1 heterocycles.